The molecule has 2 aromatic carbocycles. The monoisotopic (exact) mass is 450 g/mol. The molecule has 1 N–H and O–H groups in total. The highest BCUT2D eigenvalue weighted by Crippen LogP contribution is 2.25. The average molecular weight is 451 g/mol. The van der Waals surface area contributed by atoms with Gasteiger partial charge in [-0.25, -0.2) is 5.43 Å². The number of carbonyl (C=O) groups excluding carboxylic acids is 1. The molecule has 0 radical (unpaired) electrons. The predicted molar refractivity (Wildman–Crippen MR) is 130 cm³/mol. The average Bonchev–Trinajstić information content (AvgIpc) is 3.02. The topological polar surface area (TPSA) is 89.5 Å². The normalized spacial score (nSPS) is 11.1. The van der Waals surface area contributed by atoms with Gasteiger partial charge in [-0.2, -0.15) is 5.10 Å². The molecule has 1 amide bonds. The van der Waals surface area contributed by atoms with E-state index in [9.17, 15) is 14.9 Å². The van der Waals surface area contributed by atoms with Crippen molar-refractivity contribution >= 4 is 29.6 Å². The molecule has 0 bridgehead atoms. The van der Waals surface area contributed by atoms with Crippen molar-refractivity contribution in [2.75, 3.05) is 5.75 Å². The third-order valence-corrected chi connectivity index (χ3v) is 6.18. The van der Waals surface area contributed by atoms with Gasteiger partial charge in [0.1, 0.15) is 0 Å². The van der Waals surface area contributed by atoms with Gasteiger partial charge in [0.05, 0.1) is 22.6 Å². The molecule has 0 aliphatic heterocycles. The van der Waals surface area contributed by atoms with Crippen molar-refractivity contribution in [2.24, 2.45) is 5.10 Å². The maximum absolute atomic E-state index is 12.1. The number of nitro groups is 1. The van der Waals surface area contributed by atoms with Gasteiger partial charge in [-0.05, 0) is 50.5 Å². The van der Waals surface area contributed by atoms with Crippen molar-refractivity contribution < 1.29 is 9.72 Å². The number of para-hydroxylation sites is 1. The Kier molecular flexibility index (Phi) is 7.48. The van der Waals surface area contributed by atoms with E-state index in [4.69, 9.17) is 0 Å². The number of amides is 1. The third-order valence-electron chi connectivity index (χ3n) is 5.18. The second-order valence-electron chi connectivity index (χ2n) is 7.61. The van der Waals surface area contributed by atoms with E-state index in [2.05, 4.69) is 60.1 Å². The summed E-state index contributed by atoms with van der Waals surface area (Å²) in [5, 5.41) is 14.8. The maximum atomic E-state index is 12.1. The van der Waals surface area contributed by atoms with Crippen LogP contribution in [0.4, 0.5) is 5.69 Å². The highest BCUT2D eigenvalue weighted by atomic mass is 32.2. The number of nitro benzene ring substituents is 1. The lowest BCUT2D eigenvalue weighted by molar-refractivity contribution is -0.384. The molecule has 0 spiro atoms. The molecule has 0 unspecified atom stereocenters. The Labute approximate surface area is 191 Å². The number of nitrogens with zero attached hydrogens (tertiary/aromatic N) is 3. The molecule has 1 aromatic heterocycles. The summed E-state index contributed by atoms with van der Waals surface area (Å²) in [6.07, 6.45) is 1.67. The molecule has 0 saturated heterocycles. The first kappa shape index (κ1) is 23.3. The zero-order chi connectivity index (χ0) is 23.3. The summed E-state index contributed by atoms with van der Waals surface area (Å²) >= 11 is 1.43. The summed E-state index contributed by atoms with van der Waals surface area (Å²) in [5.74, 6) is 0.638. The van der Waals surface area contributed by atoms with Crippen LogP contribution in [0.3, 0.4) is 0 Å². The van der Waals surface area contributed by atoms with Crippen molar-refractivity contribution in [2.45, 2.75) is 33.4 Å². The van der Waals surface area contributed by atoms with Gasteiger partial charge >= 0.3 is 0 Å². The fourth-order valence-electron chi connectivity index (χ4n) is 3.60. The number of thioether (sulfide) groups is 1. The molecule has 0 fully saturated rings. The van der Waals surface area contributed by atoms with Crippen LogP contribution in [0, 0.1) is 37.8 Å². The van der Waals surface area contributed by atoms with E-state index in [1.807, 2.05) is 6.92 Å². The minimum atomic E-state index is -0.429. The molecule has 0 saturated carbocycles. The number of aromatic nitrogens is 1. The van der Waals surface area contributed by atoms with E-state index >= 15 is 0 Å². The van der Waals surface area contributed by atoms with Crippen LogP contribution in [-0.4, -0.2) is 27.4 Å². The highest BCUT2D eigenvalue weighted by Gasteiger charge is 2.13. The Bertz CT molecular complexity index is 1150. The van der Waals surface area contributed by atoms with Crippen LogP contribution in [-0.2, 0) is 10.5 Å². The second kappa shape index (κ2) is 10.3. The number of benzene rings is 2. The molecule has 7 nitrogen and oxygen atoms in total. The van der Waals surface area contributed by atoms with Gasteiger partial charge in [0.25, 0.3) is 5.69 Å². The van der Waals surface area contributed by atoms with Gasteiger partial charge in [0.2, 0.25) is 5.91 Å². The Morgan fingerprint density at radius 1 is 1.12 bits per heavy atom. The predicted octanol–water partition coefficient (Wildman–Crippen LogP) is 5.00. The number of aryl methyl sites for hydroxylation is 3. The zero-order valence-electron chi connectivity index (χ0n) is 18.6. The fraction of sp³-hybridized carbons (Fsp3) is 0.250. The van der Waals surface area contributed by atoms with Crippen LogP contribution in [0.1, 0.15) is 33.6 Å². The van der Waals surface area contributed by atoms with Crippen molar-refractivity contribution in [3.05, 3.63) is 92.3 Å². The first-order valence-electron chi connectivity index (χ1n) is 10.2. The van der Waals surface area contributed by atoms with E-state index in [1.165, 1.54) is 40.7 Å². The van der Waals surface area contributed by atoms with Crippen molar-refractivity contribution in [3.63, 3.8) is 0 Å². The van der Waals surface area contributed by atoms with Gasteiger partial charge in [0, 0.05) is 34.8 Å². The fourth-order valence-corrected chi connectivity index (χ4v) is 4.38. The minimum absolute atomic E-state index is 0.0581. The lowest BCUT2D eigenvalue weighted by atomic mass is 10.1. The number of non-ortho nitro benzene ring substituents is 1. The standard InChI is InChI=1S/C24H26N4O3S/c1-16-6-5-7-17(2)24(16)27-18(3)12-21(19(27)4)13-25-26-23(29)15-32-14-20-8-10-22(11-9-20)28(30)31/h5-13H,14-15H2,1-4H3,(H,26,29)/b25-13+. The minimum Gasteiger partial charge on any atom is -0.317 e. The Balaban J connectivity index is 1.57. The summed E-state index contributed by atoms with van der Waals surface area (Å²) in [6.45, 7) is 8.30. The molecule has 0 aliphatic carbocycles. The van der Waals surface area contributed by atoms with Crippen LogP contribution in [0.2, 0.25) is 0 Å². The van der Waals surface area contributed by atoms with Crippen molar-refractivity contribution in [1.82, 2.24) is 9.99 Å². The van der Waals surface area contributed by atoms with Crippen LogP contribution in [0.15, 0.2) is 53.6 Å². The lowest BCUT2D eigenvalue weighted by Crippen LogP contribution is -2.19. The SMILES string of the molecule is Cc1cccc(C)c1-n1c(C)cc(/C=N/NC(=O)CSCc2ccc([N+](=O)[O-])cc2)c1C. The van der Waals surface area contributed by atoms with Crippen LogP contribution in [0.25, 0.3) is 5.69 Å². The van der Waals surface area contributed by atoms with Gasteiger partial charge in [-0.15, -0.1) is 11.8 Å². The lowest BCUT2D eigenvalue weighted by Gasteiger charge is -2.15. The summed E-state index contributed by atoms with van der Waals surface area (Å²) in [6, 6.07) is 14.7. The van der Waals surface area contributed by atoms with E-state index in [0.717, 1.165) is 22.5 Å². The van der Waals surface area contributed by atoms with Gasteiger partial charge in [-0.3, -0.25) is 14.9 Å². The first-order valence-corrected chi connectivity index (χ1v) is 11.3. The highest BCUT2D eigenvalue weighted by molar-refractivity contribution is 7.99. The number of carbonyl (C=O) groups is 1. The maximum Gasteiger partial charge on any atom is 0.269 e. The molecule has 3 aromatic rings. The first-order chi connectivity index (χ1) is 15.3. The molecular formula is C24H26N4O3S. The molecule has 3 rings (SSSR count). The van der Waals surface area contributed by atoms with Gasteiger partial charge < -0.3 is 4.57 Å². The molecule has 1 heterocycles. The number of hydrazone groups is 1. The Hall–Kier alpha value is -3.39. The van der Waals surface area contributed by atoms with Crippen LogP contribution < -0.4 is 5.43 Å². The summed E-state index contributed by atoms with van der Waals surface area (Å²) in [5.41, 5.74) is 10.2. The third kappa shape index (κ3) is 5.45. The molecule has 0 atom stereocenters. The Morgan fingerprint density at radius 2 is 1.78 bits per heavy atom. The van der Waals surface area contributed by atoms with Crippen molar-refractivity contribution in [3.8, 4) is 5.69 Å². The smallest absolute Gasteiger partial charge is 0.269 e. The summed E-state index contributed by atoms with van der Waals surface area (Å²) < 4.78 is 2.22. The zero-order valence-corrected chi connectivity index (χ0v) is 19.4. The number of hydrogen-bond donors (Lipinski definition) is 1. The number of hydrogen-bond acceptors (Lipinski definition) is 5. The van der Waals surface area contributed by atoms with Crippen LogP contribution >= 0.6 is 11.8 Å². The van der Waals surface area contributed by atoms with E-state index in [-0.39, 0.29) is 17.3 Å². The number of nitrogens with one attached hydrogen (secondary N) is 1. The second-order valence-corrected chi connectivity index (χ2v) is 8.60. The quantitative estimate of drug-likeness (QED) is 0.297. The van der Waals surface area contributed by atoms with Crippen LogP contribution in [0.5, 0.6) is 0 Å². The van der Waals surface area contributed by atoms with Gasteiger partial charge in [-0.1, -0.05) is 30.3 Å². The molecule has 32 heavy (non-hydrogen) atoms. The van der Waals surface area contributed by atoms with Gasteiger partial charge in [0.15, 0.2) is 0 Å². The Morgan fingerprint density at radius 3 is 2.41 bits per heavy atom. The summed E-state index contributed by atoms with van der Waals surface area (Å²) in [7, 11) is 0. The largest absolute Gasteiger partial charge is 0.317 e. The molecule has 166 valence electrons. The molecule has 0 aliphatic rings. The van der Waals surface area contributed by atoms with Crippen molar-refractivity contribution in [1.29, 1.82) is 0 Å². The van der Waals surface area contributed by atoms with E-state index in [0.29, 0.717) is 5.75 Å². The number of rotatable bonds is 8. The van der Waals surface area contributed by atoms with E-state index in [1.54, 1.807) is 18.3 Å². The summed E-state index contributed by atoms with van der Waals surface area (Å²) in [4.78, 5) is 22.4. The van der Waals surface area contributed by atoms with E-state index < -0.39 is 4.92 Å². The molecule has 8 heteroatoms. The molecular weight excluding hydrogens is 424 g/mol.